The van der Waals surface area contributed by atoms with Gasteiger partial charge in [0.15, 0.2) is 18.0 Å². The van der Waals surface area contributed by atoms with Crippen molar-refractivity contribution in [2.24, 2.45) is 11.8 Å². The molecule has 0 amide bonds. The number of aliphatic hydroxyl groups is 1. The Kier molecular flexibility index (Phi) is 12.1. The Hall–Kier alpha value is -4.59. The van der Waals surface area contributed by atoms with E-state index >= 15 is 0 Å². The SMILES string of the molecule is CC(C)C(=O)O[C@H]1[C@H](c2ccc3c(N)ncnn23)O[C@](C#N)(CO[P@](=O)(N[C@@H](C)C(=O)OCC(C)(C)O)Oc2ccccc2)[C@H]1OC(=O)C(C)C. The molecule has 3 heterocycles. The van der Waals surface area contributed by atoms with Gasteiger partial charge in [0, 0.05) is 0 Å². The Morgan fingerprint density at radius 2 is 1.73 bits per heavy atom. The zero-order valence-corrected chi connectivity index (χ0v) is 30.2. The van der Waals surface area contributed by atoms with Gasteiger partial charge in [0.05, 0.1) is 23.1 Å². The Labute approximate surface area is 294 Å². The number of ether oxygens (including phenoxy) is 4. The van der Waals surface area contributed by atoms with Gasteiger partial charge in [0.2, 0.25) is 5.60 Å². The molecule has 18 heteroatoms. The summed E-state index contributed by atoms with van der Waals surface area (Å²) in [6.07, 6.45) is -3.20. The maximum atomic E-state index is 14.4. The molecule has 0 spiro atoms. The van der Waals surface area contributed by atoms with E-state index in [1.54, 1.807) is 58.0 Å². The molecule has 0 radical (unpaired) electrons. The number of anilines is 1. The van der Waals surface area contributed by atoms with Gasteiger partial charge in [0.25, 0.3) is 0 Å². The molecule has 1 saturated heterocycles. The lowest BCUT2D eigenvalue weighted by Crippen LogP contribution is -2.50. The molecule has 0 unspecified atom stereocenters. The lowest BCUT2D eigenvalue weighted by molar-refractivity contribution is -0.173. The quantitative estimate of drug-likeness (QED) is 0.116. The number of aromatic nitrogens is 3. The van der Waals surface area contributed by atoms with Gasteiger partial charge in [-0.25, -0.2) is 14.1 Å². The van der Waals surface area contributed by atoms with Crippen LogP contribution in [0.25, 0.3) is 5.52 Å². The van der Waals surface area contributed by atoms with Crippen molar-refractivity contribution < 1.29 is 52.1 Å². The summed E-state index contributed by atoms with van der Waals surface area (Å²) in [5, 5.41) is 27.5. The molecular weight excluding hydrogens is 687 g/mol. The third-order valence-electron chi connectivity index (χ3n) is 7.51. The van der Waals surface area contributed by atoms with Crippen LogP contribution >= 0.6 is 7.75 Å². The minimum Gasteiger partial charge on any atom is -0.461 e. The molecule has 0 bridgehead atoms. The fraction of sp³-hybridized carbons (Fsp3) is 0.515. The molecule has 1 fully saturated rings. The second-order valence-corrected chi connectivity index (χ2v) is 14.9. The van der Waals surface area contributed by atoms with Crippen LogP contribution in [0.1, 0.15) is 60.3 Å². The first kappa shape index (κ1) is 39.2. The lowest BCUT2D eigenvalue weighted by atomic mass is 9.95. The van der Waals surface area contributed by atoms with E-state index in [0.29, 0.717) is 5.52 Å². The number of rotatable bonds is 15. The number of esters is 3. The number of hydrogen-bond donors (Lipinski definition) is 3. The molecule has 51 heavy (non-hydrogen) atoms. The molecule has 4 N–H and O–H groups in total. The number of nitrogens with one attached hydrogen (secondary N) is 1. The summed E-state index contributed by atoms with van der Waals surface area (Å²) in [6, 6.07) is 11.7. The second-order valence-electron chi connectivity index (χ2n) is 13.3. The summed E-state index contributed by atoms with van der Waals surface area (Å²) in [5.41, 5.74) is 3.06. The predicted molar refractivity (Wildman–Crippen MR) is 179 cm³/mol. The van der Waals surface area contributed by atoms with Crippen LogP contribution in [0.5, 0.6) is 5.75 Å². The number of nitrogen functional groups attached to an aromatic ring is 1. The molecule has 1 aliphatic heterocycles. The Morgan fingerprint density at radius 3 is 2.33 bits per heavy atom. The first-order valence-corrected chi connectivity index (χ1v) is 17.7. The van der Waals surface area contributed by atoms with Crippen molar-refractivity contribution in [3.63, 3.8) is 0 Å². The minimum absolute atomic E-state index is 0.0741. The summed E-state index contributed by atoms with van der Waals surface area (Å²) in [4.78, 5) is 43.0. The number of nitrogens with two attached hydrogens (primary N) is 1. The zero-order valence-electron chi connectivity index (χ0n) is 29.3. The minimum atomic E-state index is -4.63. The summed E-state index contributed by atoms with van der Waals surface area (Å²) < 4.78 is 50.6. The van der Waals surface area contributed by atoms with Crippen LogP contribution in [0.2, 0.25) is 0 Å². The van der Waals surface area contributed by atoms with Crippen molar-refractivity contribution in [2.75, 3.05) is 18.9 Å². The standard InChI is InChI=1S/C33H43N6O11P/c1-19(2)29(40)47-26-25(23-13-14-24-28(35)36-18-37-39(23)24)49-33(15-34,27(26)48-30(41)20(3)4)17-46-51(44,50-22-11-9-8-10-12-22)38-21(5)31(42)45-16-32(6,7)43/h8-14,18-21,25-27,43H,16-17H2,1-7H3,(H,38,44)(H2,35,36,37)/t21-,25-,26-,27-,33+,51+/m0/s1. The van der Waals surface area contributed by atoms with Gasteiger partial charge in [0.1, 0.15) is 49.0 Å². The average molecular weight is 731 g/mol. The zero-order chi connectivity index (χ0) is 37.7. The van der Waals surface area contributed by atoms with Gasteiger partial charge in [-0.2, -0.15) is 15.4 Å². The highest BCUT2D eigenvalue weighted by molar-refractivity contribution is 7.52. The number of para-hydroxylation sites is 1. The van der Waals surface area contributed by atoms with E-state index in [0.717, 1.165) is 0 Å². The second kappa shape index (κ2) is 15.7. The van der Waals surface area contributed by atoms with Crippen molar-refractivity contribution in [3.8, 4) is 11.8 Å². The maximum Gasteiger partial charge on any atom is 0.459 e. The number of carbonyl (C=O) groups is 3. The van der Waals surface area contributed by atoms with Crippen LogP contribution in [0, 0.1) is 23.2 Å². The van der Waals surface area contributed by atoms with Gasteiger partial charge in [-0.05, 0) is 45.0 Å². The van der Waals surface area contributed by atoms with E-state index in [4.69, 9.17) is 33.7 Å². The van der Waals surface area contributed by atoms with Crippen molar-refractivity contribution in [3.05, 3.63) is 54.5 Å². The van der Waals surface area contributed by atoms with E-state index in [2.05, 4.69) is 15.2 Å². The topological polar surface area (TPSA) is 236 Å². The highest BCUT2D eigenvalue weighted by Crippen LogP contribution is 2.50. The molecule has 17 nitrogen and oxygen atoms in total. The molecular formula is C33H43N6O11P. The van der Waals surface area contributed by atoms with Gasteiger partial charge >= 0.3 is 25.7 Å². The number of hydrogen-bond acceptors (Lipinski definition) is 15. The van der Waals surface area contributed by atoms with Gasteiger partial charge in [-0.3, -0.25) is 18.9 Å². The number of carbonyl (C=O) groups excluding carboxylic acids is 3. The maximum absolute atomic E-state index is 14.4. The highest BCUT2D eigenvalue weighted by atomic mass is 31.2. The molecule has 6 atom stereocenters. The summed E-state index contributed by atoms with van der Waals surface area (Å²) in [7, 11) is -4.63. The lowest BCUT2D eigenvalue weighted by Gasteiger charge is -2.31. The van der Waals surface area contributed by atoms with Crippen molar-refractivity contribution in [1.29, 1.82) is 5.26 Å². The fourth-order valence-electron chi connectivity index (χ4n) is 4.81. The summed E-state index contributed by atoms with van der Waals surface area (Å²) in [5.74, 6) is -3.46. The normalized spacial score (nSPS) is 22.3. The Morgan fingerprint density at radius 1 is 1.08 bits per heavy atom. The van der Waals surface area contributed by atoms with Crippen LogP contribution in [0.4, 0.5) is 5.82 Å². The number of benzene rings is 1. The van der Waals surface area contributed by atoms with Crippen molar-refractivity contribution >= 4 is 37.0 Å². The first-order chi connectivity index (χ1) is 23.9. The molecule has 0 aliphatic carbocycles. The third-order valence-corrected chi connectivity index (χ3v) is 9.14. The predicted octanol–water partition coefficient (Wildman–Crippen LogP) is 3.28. The van der Waals surface area contributed by atoms with Crippen LogP contribution in [0.15, 0.2) is 48.8 Å². The first-order valence-electron chi connectivity index (χ1n) is 16.1. The van der Waals surface area contributed by atoms with Gasteiger partial charge in [-0.1, -0.05) is 45.9 Å². The number of nitriles is 1. The van der Waals surface area contributed by atoms with E-state index in [-0.39, 0.29) is 23.9 Å². The third kappa shape index (κ3) is 9.40. The largest absolute Gasteiger partial charge is 0.461 e. The molecule has 2 aromatic heterocycles. The van der Waals surface area contributed by atoms with E-state index in [1.165, 1.54) is 43.7 Å². The van der Waals surface area contributed by atoms with Crippen LogP contribution < -0.4 is 15.3 Å². The van der Waals surface area contributed by atoms with Crippen LogP contribution in [-0.2, 0) is 42.4 Å². The Bertz CT molecular complexity index is 1810. The molecule has 1 aromatic carbocycles. The monoisotopic (exact) mass is 730 g/mol. The molecule has 276 valence electrons. The van der Waals surface area contributed by atoms with Crippen LogP contribution in [-0.4, -0.2) is 80.3 Å². The smallest absolute Gasteiger partial charge is 0.459 e. The number of nitrogens with zero attached hydrogens (tertiary/aromatic N) is 4. The van der Waals surface area contributed by atoms with Gasteiger partial charge < -0.3 is 34.3 Å². The van der Waals surface area contributed by atoms with E-state index in [9.17, 15) is 29.3 Å². The van der Waals surface area contributed by atoms with Crippen LogP contribution in [0.3, 0.4) is 0 Å². The van der Waals surface area contributed by atoms with E-state index < -0.39 is 79.7 Å². The van der Waals surface area contributed by atoms with Crippen molar-refractivity contribution in [1.82, 2.24) is 19.7 Å². The van der Waals surface area contributed by atoms with Crippen molar-refractivity contribution in [2.45, 2.75) is 84.0 Å². The summed E-state index contributed by atoms with van der Waals surface area (Å²) >= 11 is 0. The molecule has 3 aromatic rings. The fourth-order valence-corrected chi connectivity index (χ4v) is 6.33. The average Bonchev–Trinajstić information content (AvgIpc) is 3.62. The highest BCUT2D eigenvalue weighted by Gasteiger charge is 2.62. The summed E-state index contributed by atoms with van der Waals surface area (Å²) in [6.45, 7) is 9.29. The number of fused-ring (bicyclic) bond motifs is 1. The molecule has 1 aliphatic rings. The Balaban J connectivity index is 1.77. The molecule has 4 rings (SSSR count). The van der Waals surface area contributed by atoms with E-state index in [1.807, 2.05) is 6.07 Å². The molecule has 0 saturated carbocycles. The van der Waals surface area contributed by atoms with Gasteiger partial charge in [-0.15, -0.1) is 0 Å².